The summed E-state index contributed by atoms with van der Waals surface area (Å²) < 4.78 is 30.2. The minimum absolute atomic E-state index is 0.0147. The summed E-state index contributed by atoms with van der Waals surface area (Å²) in [5.74, 6) is -0.383. The maximum atomic E-state index is 12.7. The van der Waals surface area contributed by atoms with Gasteiger partial charge in [0.25, 0.3) is 0 Å². The highest BCUT2D eigenvalue weighted by atomic mass is 79.9. The highest BCUT2D eigenvalue weighted by Crippen LogP contribution is 2.38. The molecule has 0 amide bonds. The van der Waals surface area contributed by atoms with E-state index in [9.17, 15) is 23.7 Å². The molecular weight excluding hydrogens is 440 g/mol. The van der Waals surface area contributed by atoms with E-state index >= 15 is 0 Å². The molecule has 1 heterocycles. The van der Waals surface area contributed by atoms with Gasteiger partial charge < -0.3 is 14.8 Å². The van der Waals surface area contributed by atoms with Crippen LogP contribution in [0, 0.1) is 10.1 Å². The lowest BCUT2D eigenvalue weighted by Crippen LogP contribution is -2.16. The van der Waals surface area contributed by atoms with E-state index in [-0.39, 0.29) is 34.4 Å². The molecule has 0 fully saturated rings. The highest BCUT2D eigenvalue weighted by molar-refractivity contribution is 9.10. The van der Waals surface area contributed by atoms with Crippen molar-refractivity contribution in [1.82, 2.24) is 4.98 Å². The van der Waals surface area contributed by atoms with Gasteiger partial charge in [-0.15, -0.1) is 0 Å². The summed E-state index contributed by atoms with van der Waals surface area (Å²) in [4.78, 5) is 25.4. The van der Waals surface area contributed by atoms with Crippen molar-refractivity contribution in [1.29, 1.82) is 0 Å². The third-order valence-electron chi connectivity index (χ3n) is 3.26. The van der Waals surface area contributed by atoms with Gasteiger partial charge in [-0.2, -0.15) is 8.78 Å². The van der Waals surface area contributed by atoms with Crippen molar-refractivity contribution < 1.29 is 23.2 Å². The standard InChI is InChI=1S/C15H11BrClF2N3O4/c16-8-2-1-3-11(26-15(18)19)13(8)9(6-7-23)20-14-10(22(24)25)4-5-12(17)21-14/h1-5,7,9,15H,6H2,(H,20,21). The molecule has 1 atom stereocenters. The van der Waals surface area contributed by atoms with Crippen molar-refractivity contribution in [2.45, 2.75) is 19.1 Å². The number of aldehydes is 1. The van der Waals surface area contributed by atoms with Gasteiger partial charge in [-0.05, 0) is 18.2 Å². The molecule has 0 spiro atoms. The molecular formula is C15H11BrClF2N3O4. The molecule has 1 aromatic heterocycles. The first-order chi connectivity index (χ1) is 12.3. The van der Waals surface area contributed by atoms with Crippen LogP contribution in [0.4, 0.5) is 20.3 Å². The van der Waals surface area contributed by atoms with Crippen LogP contribution in [-0.4, -0.2) is 22.8 Å². The number of nitrogens with zero attached hydrogens (tertiary/aromatic N) is 2. The predicted octanol–water partition coefficient (Wildman–Crippen LogP) is 4.75. The second-order valence-corrected chi connectivity index (χ2v) is 6.13. The number of aromatic nitrogens is 1. The average Bonchev–Trinajstić information content (AvgIpc) is 2.54. The number of pyridine rings is 1. The molecule has 0 aliphatic rings. The van der Waals surface area contributed by atoms with E-state index in [1.54, 1.807) is 6.07 Å². The van der Waals surface area contributed by atoms with E-state index in [1.807, 2.05) is 0 Å². The molecule has 1 aromatic carbocycles. The number of ether oxygens (including phenoxy) is 1. The Morgan fingerprint density at radius 2 is 2.12 bits per heavy atom. The van der Waals surface area contributed by atoms with Crippen LogP contribution in [-0.2, 0) is 4.79 Å². The minimum Gasteiger partial charge on any atom is -0.434 e. The summed E-state index contributed by atoms with van der Waals surface area (Å²) in [6.45, 7) is -3.08. The van der Waals surface area contributed by atoms with Crippen molar-refractivity contribution in [2.24, 2.45) is 0 Å². The van der Waals surface area contributed by atoms with Gasteiger partial charge in [0.05, 0.1) is 11.0 Å². The molecule has 0 radical (unpaired) electrons. The van der Waals surface area contributed by atoms with Gasteiger partial charge in [-0.3, -0.25) is 10.1 Å². The largest absolute Gasteiger partial charge is 0.434 e. The maximum absolute atomic E-state index is 12.7. The van der Waals surface area contributed by atoms with Crippen LogP contribution in [0.25, 0.3) is 0 Å². The Bertz CT molecular complexity index is 825. The van der Waals surface area contributed by atoms with Gasteiger partial charge in [0.1, 0.15) is 17.2 Å². The van der Waals surface area contributed by atoms with E-state index in [2.05, 4.69) is 31.0 Å². The number of alkyl halides is 2. The Morgan fingerprint density at radius 1 is 1.38 bits per heavy atom. The SMILES string of the molecule is O=CCC(Nc1nc(Cl)ccc1[N+](=O)[O-])c1c(Br)cccc1OC(F)F. The van der Waals surface area contributed by atoms with Crippen molar-refractivity contribution in [3.8, 4) is 5.75 Å². The molecule has 0 saturated carbocycles. The molecule has 7 nitrogen and oxygen atoms in total. The van der Waals surface area contributed by atoms with Crippen molar-refractivity contribution in [2.75, 3.05) is 5.32 Å². The molecule has 2 aromatic rings. The first kappa shape index (κ1) is 20.0. The molecule has 11 heteroatoms. The minimum atomic E-state index is -3.08. The van der Waals surface area contributed by atoms with Crippen LogP contribution >= 0.6 is 27.5 Å². The van der Waals surface area contributed by atoms with Crippen molar-refractivity contribution in [3.05, 3.63) is 55.6 Å². The summed E-state index contributed by atoms with van der Waals surface area (Å²) >= 11 is 9.00. The van der Waals surface area contributed by atoms with Crippen molar-refractivity contribution in [3.63, 3.8) is 0 Å². The summed E-state index contributed by atoms with van der Waals surface area (Å²) in [7, 11) is 0. The lowest BCUT2D eigenvalue weighted by Gasteiger charge is -2.22. The Balaban J connectivity index is 2.50. The summed E-state index contributed by atoms with van der Waals surface area (Å²) in [5, 5.41) is 13.9. The van der Waals surface area contributed by atoms with Crippen LogP contribution in [0.5, 0.6) is 5.75 Å². The average molecular weight is 451 g/mol. The molecule has 1 unspecified atom stereocenters. The molecule has 0 aliphatic heterocycles. The Labute approximate surface area is 159 Å². The van der Waals surface area contributed by atoms with Gasteiger partial charge in [-0.1, -0.05) is 33.6 Å². The number of carbonyl (C=O) groups is 1. The van der Waals surface area contributed by atoms with Gasteiger partial charge >= 0.3 is 12.3 Å². The monoisotopic (exact) mass is 449 g/mol. The quantitative estimate of drug-likeness (QED) is 0.270. The number of carbonyl (C=O) groups excluding carboxylic acids is 1. The number of nitro groups is 1. The molecule has 0 bridgehead atoms. The van der Waals surface area contributed by atoms with Crippen LogP contribution in [0.3, 0.4) is 0 Å². The van der Waals surface area contributed by atoms with Gasteiger partial charge in [-0.25, -0.2) is 4.98 Å². The fraction of sp³-hybridized carbons (Fsp3) is 0.200. The smallest absolute Gasteiger partial charge is 0.387 e. The molecule has 0 aliphatic carbocycles. The fourth-order valence-electron chi connectivity index (χ4n) is 2.25. The Hall–Kier alpha value is -2.33. The van der Waals surface area contributed by atoms with E-state index in [1.165, 1.54) is 18.2 Å². The van der Waals surface area contributed by atoms with Crippen LogP contribution < -0.4 is 10.1 Å². The normalized spacial score (nSPS) is 11.9. The van der Waals surface area contributed by atoms with E-state index < -0.39 is 17.6 Å². The lowest BCUT2D eigenvalue weighted by atomic mass is 10.0. The number of halogens is 4. The first-order valence-electron chi connectivity index (χ1n) is 7.07. The molecule has 138 valence electrons. The number of benzene rings is 1. The van der Waals surface area contributed by atoms with Crippen LogP contribution in [0.15, 0.2) is 34.8 Å². The topological polar surface area (TPSA) is 94.4 Å². The Kier molecular flexibility index (Phi) is 6.81. The second-order valence-electron chi connectivity index (χ2n) is 4.89. The predicted molar refractivity (Wildman–Crippen MR) is 93.7 cm³/mol. The zero-order chi connectivity index (χ0) is 19.3. The zero-order valence-electron chi connectivity index (χ0n) is 12.9. The van der Waals surface area contributed by atoms with E-state index in [4.69, 9.17) is 11.6 Å². The number of hydrogen-bond acceptors (Lipinski definition) is 6. The van der Waals surface area contributed by atoms with Crippen molar-refractivity contribution >= 4 is 45.3 Å². The van der Waals surface area contributed by atoms with Gasteiger partial charge in [0.15, 0.2) is 0 Å². The highest BCUT2D eigenvalue weighted by Gasteiger charge is 2.25. The lowest BCUT2D eigenvalue weighted by molar-refractivity contribution is -0.384. The summed E-state index contributed by atoms with van der Waals surface area (Å²) in [6.07, 6.45) is 0.354. The third kappa shape index (κ3) is 4.85. The maximum Gasteiger partial charge on any atom is 0.387 e. The van der Waals surface area contributed by atoms with Gasteiger partial charge in [0, 0.05) is 22.5 Å². The van der Waals surface area contributed by atoms with E-state index in [0.717, 1.165) is 6.07 Å². The molecule has 1 N–H and O–H groups in total. The number of nitrogens with one attached hydrogen (secondary N) is 1. The van der Waals surface area contributed by atoms with E-state index in [0.29, 0.717) is 10.8 Å². The Morgan fingerprint density at radius 3 is 2.73 bits per heavy atom. The number of rotatable bonds is 8. The molecule has 26 heavy (non-hydrogen) atoms. The molecule has 0 saturated heterocycles. The number of anilines is 1. The zero-order valence-corrected chi connectivity index (χ0v) is 15.2. The van der Waals surface area contributed by atoms with Crippen LogP contribution in [0.1, 0.15) is 18.0 Å². The second kappa shape index (κ2) is 8.86. The fourth-order valence-corrected chi connectivity index (χ4v) is 3.02. The van der Waals surface area contributed by atoms with Gasteiger partial charge in [0.2, 0.25) is 5.82 Å². The van der Waals surface area contributed by atoms with Crippen LogP contribution in [0.2, 0.25) is 5.15 Å². The third-order valence-corrected chi connectivity index (χ3v) is 4.16. The first-order valence-corrected chi connectivity index (χ1v) is 8.25. The summed E-state index contributed by atoms with van der Waals surface area (Å²) in [6, 6.07) is 5.79. The molecule has 2 rings (SSSR count). The summed E-state index contributed by atoms with van der Waals surface area (Å²) in [5.41, 5.74) is -0.190. The number of hydrogen-bond donors (Lipinski definition) is 1.